The van der Waals surface area contributed by atoms with Crippen molar-refractivity contribution in [1.29, 1.82) is 5.26 Å². The highest BCUT2D eigenvalue weighted by Crippen LogP contribution is 2.32. The zero-order valence-corrected chi connectivity index (χ0v) is 22.3. The minimum absolute atomic E-state index is 0.132. The first kappa shape index (κ1) is 28.2. The lowest BCUT2D eigenvalue weighted by Crippen LogP contribution is -2.27. The van der Waals surface area contributed by atoms with Gasteiger partial charge in [0.05, 0.1) is 39.9 Å². The smallest absolute Gasteiger partial charge is 0.416 e. The van der Waals surface area contributed by atoms with Crippen LogP contribution in [-0.4, -0.2) is 21.6 Å². The molecular formula is C33H24F3N3O3. The number of aromatic carboxylic acids is 1. The third kappa shape index (κ3) is 5.88. The van der Waals surface area contributed by atoms with Crippen LogP contribution in [0.15, 0.2) is 97.2 Å². The Morgan fingerprint density at radius 2 is 1.67 bits per heavy atom. The summed E-state index contributed by atoms with van der Waals surface area (Å²) in [4.78, 5) is 25.0. The van der Waals surface area contributed by atoms with Crippen molar-refractivity contribution in [2.75, 3.05) is 0 Å². The number of carboxylic acids is 1. The van der Waals surface area contributed by atoms with E-state index in [4.69, 9.17) is 0 Å². The van der Waals surface area contributed by atoms with E-state index in [0.717, 1.165) is 28.6 Å². The Bertz CT molecular complexity index is 1830. The molecule has 0 fully saturated rings. The average Bonchev–Trinajstić information content (AvgIpc) is 3.38. The number of halogens is 3. The van der Waals surface area contributed by atoms with Crippen molar-refractivity contribution in [2.24, 2.45) is 0 Å². The Kier molecular flexibility index (Phi) is 7.55. The van der Waals surface area contributed by atoms with Crippen LogP contribution in [-0.2, 0) is 12.7 Å². The van der Waals surface area contributed by atoms with Crippen LogP contribution in [0.4, 0.5) is 13.2 Å². The summed E-state index contributed by atoms with van der Waals surface area (Å²) < 4.78 is 41.0. The molecule has 0 saturated carbocycles. The first-order valence-corrected chi connectivity index (χ1v) is 13.0. The topological polar surface area (TPSA) is 95.1 Å². The minimum Gasteiger partial charge on any atom is -0.478 e. The molecule has 5 aromatic rings. The molecule has 6 nitrogen and oxygen atoms in total. The number of rotatable bonds is 7. The first-order valence-electron chi connectivity index (χ1n) is 13.0. The molecule has 0 radical (unpaired) electrons. The molecule has 0 aliphatic heterocycles. The van der Waals surface area contributed by atoms with Gasteiger partial charge in [0.2, 0.25) is 0 Å². The van der Waals surface area contributed by atoms with Crippen molar-refractivity contribution in [3.63, 3.8) is 0 Å². The molecule has 5 rings (SSSR count). The zero-order chi connectivity index (χ0) is 30.0. The second kappa shape index (κ2) is 11.3. The van der Waals surface area contributed by atoms with Crippen LogP contribution in [0.1, 0.15) is 55.9 Å². The maximum absolute atomic E-state index is 13.8. The van der Waals surface area contributed by atoms with Crippen molar-refractivity contribution in [1.82, 2.24) is 9.88 Å². The predicted octanol–water partition coefficient (Wildman–Crippen LogP) is 7.44. The maximum Gasteiger partial charge on any atom is 0.416 e. The summed E-state index contributed by atoms with van der Waals surface area (Å²) in [6.45, 7) is 2.02. The first-order chi connectivity index (χ1) is 20.0. The number of hydrogen-bond acceptors (Lipinski definition) is 3. The molecule has 2 N–H and O–H groups in total. The Morgan fingerprint density at radius 1 is 0.952 bits per heavy atom. The number of alkyl halides is 3. The molecule has 1 amide bonds. The van der Waals surface area contributed by atoms with Crippen LogP contribution in [0.25, 0.3) is 22.0 Å². The minimum atomic E-state index is -4.44. The largest absolute Gasteiger partial charge is 0.478 e. The Labute approximate surface area is 239 Å². The van der Waals surface area contributed by atoms with Gasteiger partial charge in [0.1, 0.15) is 0 Å². The molecule has 1 atom stereocenters. The van der Waals surface area contributed by atoms with Crippen molar-refractivity contribution in [3.05, 3.63) is 131 Å². The van der Waals surface area contributed by atoms with Crippen LogP contribution in [0.2, 0.25) is 0 Å². The SMILES string of the molecule is C[C@@H](NC(=O)c1cc(-c2cccc(C#N)c2)cc2ccn(Cc3ccc(C(F)(F)F)cc3)c12)c1ccc(C(=O)O)cc1. The van der Waals surface area contributed by atoms with Gasteiger partial charge in [-0.1, -0.05) is 36.4 Å². The number of nitriles is 1. The second-order valence-electron chi connectivity index (χ2n) is 9.91. The van der Waals surface area contributed by atoms with E-state index in [9.17, 15) is 33.1 Å². The number of fused-ring (bicyclic) bond motifs is 1. The standard InChI is InChI=1S/C33H24F3N3O3/c1-20(23-7-9-24(10-8-23)32(41)42)38-31(40)29-17-27(25-4-2-3-22(15-25)18-37)16-26-13-14-39(30(26)29)19-21-5-11-28(12-6-21)33(34,35)36/h2-17,20H,19H2,1H3,(H,38,40)(H,41,42)/t20-/m1/s1. The molecule has 0 saturated heterocycles. The van der Waals surface area contributed by atoms with Gasteiger partial charge < -0.3 is 15.0 Å². The van der Waals surface area contributed by atoms with Gasteiger partial charge in [0, 0.05) is 18.1 Å². The summed E-state index contributed by atoms with van der Waals surface area (Å²) in [6, 6.07) is 25.3. The van der Waals surface area contributed by atoms with Gasteiger partial charge in [-0.25, -0.2) is 4.79 Å². The number of carbonyl (C=O) groups is 2. The van der Waals surface area contributed by atoms with Crippen LogP contribution < -0.4 is 5.32 Å². The monoisotopic (exact) mass is 567 g/mol. The number of benzene rings is 4. The van der Waals surface area contributed by atoms with Gasteiger partial charge in [-0.3, -0.25) is 4.79 Å². The fourth-order valence-electron chi connectivity index (χ4n) is 4.86. The van der Waals surface area contributed by atoms with Gasteiger partial charge in [0.25, 0.3) is 5.91 Å². The summed E-state index contributed by atoms with van der Waals surface area (Å²) in [6.07, 6.45) is -2.66. The zero-order valence-electron chi connectivity index (χ0n) is 22.3. The van der Waals surface area contributed by atoms with E-state index in [2.05, 4.69) is 11.4 Å². The van der Waals surface area contributed by atoms with Gasteiger partial charge in [-0.15, -0.1) is 0 Å². The molecule has 1 heterocycles. The van der Waals surface area contributed by atoms with Gasteiger partial charge in [0.15, 0.2) is 0 Å². The normalized spacial score (nSPS) is 12.1. The van der Waals surface area contributed by atoms with E-state index >= 15 is 0 Å². The van der Waals surface area contributed by atoms with Crippen molar-refractivity contribution >= 4 is 22.8 Å². The van der Waals surface area contributed by atoms with Gasteiger partial charge >= 0.3 is 12.1 Å². The third-order valence-electron chi connectivity index (χ3n) is 7.07. The van der Waals surface area contributed by atoms with E-state index in [0.29, 0.717) is 27.8 Å². The molecule has 0 bridgehead atoms. The number of carbonyl (C=O) groups excluding carboxylic acids is 1. The van der Waals surface area contributed by atoms with Crippen molar-refractivity contribution < 1.29 is 27.9 Å². The predicted molar refractivity (Wildman–Crippen MR) is 152 cm³/mol. The van der Waals surface area contributed by atoms with Crippen molar-refractivity contribution in [3.8, 4) is 17.2 Å². The molecule has 4 aromatic carbocycles. The summed E-state index contributed by atoms with van der Waals surface area (Å²) in [5, 5.41) is 22.3. The fourth-order valence-corrected chi connectivity index (χ4v) is 4.86. The summed E-state index contributed by atoms with van der Waals surface area (Å²) in [7, 11) is 0. The molecule has 0 spiro atoms. The summed E-state index contributed by atoms with van der Waals surface area (Å²) in [5.74, 6) is -1.44. The van der Waals surface area contributed by atoms with Crippen LogP contribution in [0, 0.1) is 11.3 Å². The highest BCUT2D eigenvalue weighted by Gasteiger charge is 2.30. The number of nitrogens with zero attached hydrogens (tertiary/aromatic N) is 2. The van der Waals surface area contributed by atoms with Crippen molar-refractivity contribution in [2.45, 2.75) is 25.7 Å². The molecule has 42 heavy (non-hydrogen) atoms. The van der Waals surface area contributed by atoms with Crippen LogP contribution >= 0.6 is 0 Å². The second-order valence-corrected chi connectivity index (χ2v) is 9.91. The number of nitrogens with one attached hydrogen (secondary N) is 1. The molecule has 0 aliphatic rings. The van der Waals surface area contributed by atoms with E-state index in [1.807, 2.05) is 22.8 Å². The molecular weight excluding hydrogens is 543 g/mol. The Balaban J connectivity index is 1.54. The van der Waals surface area contributed by atoms with E-state index in [1.54, 1.807) is 49.5 Å². The van der Waals surface area contributed by atoms with Gasteiger partial charge in [-0.2, -0.15) is 18.4 Å². The summed E-state index contributed by atoms with van der Waals surface area (Å²) >= 11 is 0. The quantitative estimate of drug-likeness (QED) is 0.214. The fraction of sp³-hybridized carbons (Fsp3) is 0.121. The van der Waals surface area contributed by atoms with E-state index < -0.39 is 23.8 Å². The molecule has 0 aliphatic carbocycles. The summed E-state index contributed by atoms with van der Waals surface area (Å²) in [5.41, 5.74) is 3.61. The number of carboxylic acid groups (broad SMARTS) is 1. The molecule has 210 valence electrons. The van der Waals surface area contributed by atoms with Gasteiger partial charge in [-0.05, 0) is 83.8 Å². The molecule has 9 heteroatoms. The highest BCUT2D eigenvalue weighted by molar-refractivity contribution is 6.08. The lowest BCUT2D eigenvalue weighted by molar-refractivity contribution is -0.137. The van der Waals surface area contributed by atoms with Crippen LogP contribution in [0.3, 0.4) is 0 Å². The maximum atomic E-state index is 13.8. The lowest BCUT2D eigenvalue weighted by Gasteiger charge is -2.17. The molecule has 0 unspecified atom stereocenters. The highest BCUT2D eigenvalue weighted by atomic mass is 19.4. The van der Waals surface area contributed by atoms with E-state index in [-0.39, 0.29) is 18.0 Å². The number of amides is 1. The molecule has 1 aromatic heterocycles. The number of aromatic nitrogens is 1. The average molecular weight is 568 g/mol. The third-order valence-corrected chi connectivity index (χ3v) is 7.07. The Morgan fingerprint density at radius 3 is 2.31 bits per heavy atom. The Hall–Kier alpha value is -5.36. The van der Waals surface area contributed by atoms with E-state index in [1.165, 1.54) is 24.3 Å². The number of hydrogen-bond donors (Lipinski definition) is 2. The lowest BCUT2D eigenvalue weighted by atomic mass is 9.98. The van der Waals surface area contributed by atoms with Crippen LogP contribution in [0.5, 0.6) is 0 Å².